The van der Waals surface area contributed by atoms with Gasteiger partial charge in [-0.05, 0) is 38.8 Å². The number of hydrogen-bond donors (Lipinski definition) is 2. The van der Waals surface area contributed by atoms with E-state index in [0.29, 0.717) is 12.1 Å². The van der Waals surface area contributed by atoms with E-state index in [9.17, 15) is 4.79 Å². The molecule has 1 aliphatic carbocycles. The van der Waals surface area contributed by atoms with Gasteiger partial charge in [-0.1, -0.05) is 6.58 Å². The van der Waals surface area contributed by atoms with Crippen molar-refractivity contribution in [3.05, 3.63) is 12.7 Å². The summed E-state index contributed by atoms with van der Waals surface area (Å²) in [5.41, 5.74) is 0. The molecule has 0 unspecified atom stereocenters. The number of hydrogen-bond acceptors (Lipinski definition) is 2. The van der Waals surface area contributed by atoms with Gasteiger partial charge in [0.15, 0.2) is 0 Å². The monoisotopic (exact) mass is 182 g/mol. The molecule has 74 valence electrons. The molecule has 1 saturated carbocycles. The van der Waals surface area contributed by atoms with Gasteiger partial charge in [0.25, 0.3) is 0 Å². The van der Waals surface area contributed by atoms with E-state index in [-0.39, 0.29) is 5.91 Å². The van der Waals surface area contributed by atoms with Gasteiger partial charge < -0.3 is 10.6 Å². The molecule has 0 heterocycles. The molecule has 0 atom stereocenters. The second-order valence-corrected chi connectivity index (χ2v) is 3.55. The first-order valence-electron chi connectivity index (χ1n) is 4.86. The first-order chi connectivity index (χ1) is 6.26. The molecule has 3 nitrogen and oxygen atoms in total. The third-order valence-corrected chi connectivity index (χ3v) is 2.67. The topological polar surface area (TPSA) is 41.1 Å². The van der Waals surface area contributed by atoms with Crippen LogP contribution in [-0.2, 0) is 4.79 Å². The van der Waals surface area contributed by atoms with Crippen molar-refractivity contribution in [1.29, 1.82) is 0 Å². The van der Waals surface area contributed by atoms with E-state index in [1.807, 2.05) is 7.05 Å². The normalized spacial score (nSPS) is 28.1. The molecule has 13 heavy (non-hydrogen) atoms. The largest absolute Gasteiger partial charge is 0.350 e. The predicted molar refractivity (Wildman–Crippen MR) is 53.4 cm³/mol. The quantitative estimate of drug-likeness (QED) is 0.634. The molecule has 0 spiro atoms. The van der Waals surface area contributed by atoms with Gasteiger partial charge in [-0.25, -0.2) is 0 Å². The lowest BCUT2D eigenvalue weighted by Gasteiger charge is -2.28. The molecule has 0 aromatic heterocycles. The molecule has 1 fully saturated rings. The van der Waals surface area contributed by atoms with Crippen LogP contribution in [0, 0.1) is 0 Å². The minimum absolute atomic E-state index is 0.0482. The number of nitrogens with one attached hydrogen (secondary N) is 2. The molecule has 1 rings (SSSR count). The van der Waals surface area contributed by atoms with E-state index in [4.69, 9.17) is 0 Å². The lowest BCUT2D eigenvalue weighted by Crippen LogP contribution is -2.40. The average Bonchev–Trinajstić information content (AvgIpc) is 2.19. The fourth-order valence-electron chi connectivity index (χ4n) is 1.79. The van der Waals surface area contributed by atoms with E-state index >= 15 is 0 Å². The van der Waals surface area contributed by atoms with Crippen LogP contribution in [0.25, 0.3) is 0 Å². The Labute approximate surface area is 79.6 Å². The summed E-state index contributed by atoms with van der Waals surface area (Å²) in [6.45, 7) is 3.43. The summed E-state index contributed by atoms with van der Waals surface area (Å²) in [5.74, 6) is -0.0482. The van der Waals surface area contributed by atoms with Gasteiger partial charge in [0.1, 0.15) is 0 Å². The molecule has 2 N–H and O–H groups in total. The fraction of sp³-hybridized carbons (Fsp3) is 0.700. The second-order valence-electron chi connectivity index (χ2n) is 3.55. The van der Waals surface area contributed by atoms with Crippen molar-refractivity contribution < 1.29 is 4.79 Å². The predicted octanol–water partition coefficient (Wildman–Crippen LogP) is 0.819. The van der Waals surface area contributed by atoms with Crippen molar-refractivity contribution in [1.82, 2.24) is 10.6 Å². The zero-order valence-electron chi connectivity index (χ0n) is 8.18. The summed E-state index contributed by atoms with van der Waals surface area (Å²) < 4.78 is 0. The van der Waals surface area contributed by atoms with Gasteiger partial charge in [0, 0.05) is 12.1 Å². The first kappa shape index (κ1) is 10.3. The Kier molecular flexibility index (Phi) is 3.96. The van der Waals surface area contributed by atoms with Crippen LogP contribution in [0.4, 0.5) is 0 Å². The zero-order valence-corrected chi connectivity index (χ0v) is 8.18. The Morgan fingerprint density at radius 1 is 1.31 bits per heavy atom. The minimum Gasteiger partial charge on any atom is -0.350 e. The molecule has 0 aromatic carbocycles. The maximum atomic E-state index is 11.0. The smallest absolute Gasteiger partial charge is 0.243 e. The summed E-state index contributed by atoms with van der Waals surface area (Å²) in [4.78, 5) is 11.0. The molecule has 1 aliphatic rings. The molecule has 0 bridgehead atoms. The Morgan fingerprint density at radius 2 is 1.85 bits per heavy atom. The van der Waals surface area contributed by atoms with Crippen LogP contribution >= 0.6 is 0 Å². The lowest BCUT2D eigenvalue weighted by atomic mass is 9.91. The van der Waals surface area contributed by atoms with Crippen molar-refractivity contribution in [2.45, 2.75) is 37.8 Å². The number of rotatable bonds is 3. The highest BCUT2D eigenvalue weighted by Crippen LogP contribution is 2.17. The SMILES string of the molecule is C=CC(=O)NC1CCC(NC)CC1. The Bertz CT molecular complexity index is 183. The van der Waals surface area contributed by atoms with E-state index in [1.54, 1.807) is 0 Å². The molecule has 3 heteroatoms. The van der Waals surface area contributed by atoms with Crippen LogP contribution in [0.3, 0.4) is 0 Å². The van der Waals surface area contributed by atoms with Crippen molar-refractivity contribution >= 4 is 5.91 Å². The molecule has 0 aromatic rings. The summed E-state index contributed by atoms with van der Waals surface area (Å²) in [6.07, 6.45) is 5.79. The Hall–Kier alpha value is -0.830. The minimum atomic E-state index is -0.0482. The molecule has 0 saturated heterocycles. The zero-order chi connectivity index (χ0) is 9.68. The van der Waals surface area contributed by atoms with E-state index in [0.717, 1.165) is 25.7 Å². The highest BCUT2D eigenvalue weighted by atomic mass is 16.1. The first-order valence-corrected chi connectivity index (χ1v) is 4.86. The van der Waals surface area contributed by atoms with Gasteiger partial charge >= 0.3 is 0 Å². The third kappa shape index (κ3) is 3.19. The number of carbonyl (C=O) groups excluding carboxylic acids is 1. The third-order valence-electron chi connectivity index (χ3n) is 2.67. The van der Waals surface area contributed by atoms with E-state index in [2.05, 4.69) is 17.2 Å². The van der Waals surface area contributed by atoms with Crippen LogP contribution in [0.5, 0.6) is 0 Å². The summed E-state index contributed by atoms with van der Waals surface area (Å²) >= 11 is 0. The van der Waals surface area contributed by atoms with Crippen LogP contribution < -0.4 is 10.6 Å². The number of amides is 1. The summed E-state index contributed by atoms with van der Waals surface area (Å²) in [6, 6.07) is 0.993. The standard InChI is InChI=1S/C10H18N2O/c1-3-10(13)12-9-6-4-8(11-2)5-7-9/h3,8-9,11H,1,4-7H2,2H3,(H,12,13). The highest BCUT2D eigenvalue weighted by Gasteiger charge is 2.20. The van der Waals surface area contributed by atoms with E-state index in [1.165, 1.54) is 6.08 Å². The van der Waals surface area contributed by atoms with Crippen molar-refractivity contribution in [3.63, 3.8) is 0 Å². The second kappa shape index (κ2) is 5.02. The van der Waals surface area contributed by atoms with Gasteiger partial charge in [-0.2, -0.15) is 0 Å². The maximum absolute atomic E-state index is 11.0. The molecular formula is C10H18N2O. The summed E-state index contributed by atoms with van der Waals surface area (Å²) in [5, 5.41) is 6.19. The molecule has 0 radical (unpaired) electrons. The van der Waals surface area contributed by atoms with Crippen LogP contribution in [0.1, 0.15) is 25.7 Å². The van der Waals surface area contributed by atoms with E-state index < -0.39 is 0 Å². The van der Waals surface area contributed by atoms with Crippen LogP contribution in [0.15, 0.2) is 12.7 Å². The molecular weight excluding hydrogens is 164 g/mol. The highest BCUT2D eigenvalue weighted by molar-refractivity contribution is 5.87. The van der Waals surface area contributed by atoms with Gasteiger partial charge in [0.05, 0.1) is 0 Å². The van der Waals surface area contributed by atoms with Crippen LogP contribution in [-0.4, -0.2) is 25.0 Å². The Balaban J connectivity index is 2.24. The van der Waals surface area contributed by atoms with Crippen LogP contribution in [0.2, 0.25) is 0 Å². The average molecular weight is 182 g/mol. The fourth-order valence-corrected chi connectivity index (χ4v) is 1.79. The summed E-state index contributed by atoms with van der Waals surface area (Å²) in [7, 11) is 1.99. The van der Waals surface area contributed by atoms with Crippen molar-refractivity contribution in [3.8, 4) is 0 Å². The van der Waals surface area contributed by atoms with Gasteiger partial charge in [-0.15, -0.1) is 0 Å². The molecule has 1 amide bonds. The van der Waals surface area contributed by atoms with Gasteiger partial charge in [-0.3, -0.25) is 4.79 Å². The lowest BCUT2D eigenvalue weighted by molar-refractivity contribution is -0.117. The maximum Gasteiger partial charge on any atom is 0.243 e. The van der Waals surface area contributed by atoms with Crippen molar-refractivity contribution in [2.24, 2.45) is 0 Å². The number of carbonyl (C=O) groups is 1. The Morgan fingerprint density at radius 3 is 2.31 bits per heavy atom. The molecule has 0 aliphatic heterocycles. The van der Waals surface area contributed by atoms with Crippen molar-refractivity contribution in [2.75, 3.05) is 7.05 Å². The van der Waals surface area contributed by atoms with Gasteiger partial charge in [0.2, 0.25) is 5.91 Å².